The van der Waals surface area contributed by atoms with E-state index in [-0.39, 0.29) is 6.42 Å². The molecular formula is C12H20F3NO3. The van der Waals surface area contributed by atoms with Crippen LogP contribution in [-0.4, -0.2) is 42.1 Å². The molecule has 0 N–H and O–H groups in total. The van der Waals surface area contributed by atoms with Gasteiger partial charge in [-0.05, 0) is 20.8 Å². The highest BCUT2D eigenvalue weighted by atomic mass is 19.4. The topological polar surface area (TPSA) is 46.6 Å². The van der Waals surface area contributed by atoms with Crippen molar-refractivity contribution < 1.29 is 27.5 Å². The Balaban J connectivity index is 4.38. The van der Waals surface area contributed by atoms with Gasteiger partial charge in [0.1, 0.15) is 12.1 Å². The molecule has 0 aromatic rings. The molecule has 0 bridgehead atoms. The van der Waals surface area contributed by atoms with Gasteiger partial charge in [0.25, 0.3) is 0 Å². The zero-order valence-corrected chi connectivity index (χ0v) is 11.8. The number of carbonyl (C=O) groups is 2. The summed E-state index contributed by atoms with van der Waals surface area (Å²) in [5.41, 5.74) is -0.683. The second-order valence-electron chi connectivity index (χ2n) is 5.50. The summed E-state index contributed by atoms with van der Waals surface area (Å²) in [7, 11) is 1.06. The van der Waals surface area contributed by atoms with Crippen molar-refractivity contribution >= 4 is 11.9 Å². The molecule has 112 valence electrons. The van der Waals surface area contributed by atoms with E-state index in [1.807, 2.05) is 0 Å². The molecule has 0 aromatic heterocycles. The van der Waals surface area contributed by atoms with Crippen molar-refractivity contribution in [3.8, 4) is 0 Å². The fraction of sp³-hybridized carbons (Fsp3) is 0.833. The second-order valence-corrected chi connectivity index (χ2v) is 5.50. The highest BCUT2D eigenvalue weighted by molar-refractivity contribution is 5.83. The molecule has 0 heterocycles. The van der Waals surface area contributed by atoms with E-state index in [4.69, 9.17) is 4.74 Å². The molecule has 0 aliphatic carbocycles. The van der Waals surface area contributed by atoms with E-state index in [1.165, 1.54) is 6.92 Å². The first-order valence-corrected chi connectivity index (χ1v) is 5.85. The first-order valence-electron chi connectivity index (χ1n) is 5.85. The Labute approximate surface area is 110 Å². The van der Waals surface area contributed by atoms with Crippen molar-refractivity contribution in [3.63, 3.8) is 0 Å². The van der Waals surface area contributed by atoms with E-state index in [0.29, 0.717) is 4.90 Å². The van der Waals surface area contributed by atoms with E-state index < -0.39 is 36.1 Å². The Bertz CT molecular complexity index is 334. The number of carbonyl (C=O) groups excluding carboxylic acids is 2. The van der Waals surface area contributed by atoms with Gasteiger partial charge in [-0.15, -0.1) is 0 Å². The zero-order valence-electron chi connectivity index (χ0n) is 11.8. The van der Waals surface area contributed by atoms with Gasteiger partial charge in [-0.2, -0.15) is 13.2 Å². The molecule has 1 atom stereocenters. The number of halogens is 3. The van der Waals surface area contributed by atoms with Gasteiger partial charge in [0.2, 0.25) is 5.91 Å². The minimum absolute atomic E-state index is 0.238. The first kappa shape index (κ1) is 17.7. The van der Waals surface area contributed by atoms with E-state index in [0.717, 1.165) is 7.05 Å². The number of alkyl halides is 3. The molecule has 7 heteroatoms. The number of ether oxygens (including phenoxy) is 1. The molecular weight excluding hydrogens is 263 g/mol. The van der Waals surface area contributed by atoms with Crippen LogP contribution in [0.4, 0.5) is 13.2 Å². The quantitative estimate of drug-likeness (QED) is 0.744. The Morgan fingerprint density at radius 3 is 2.05 bits per heavy atom. The Kier molecular flexibility index (Phi) is 5.83. The second kappa shape index (κ2) is 6.25. The van der Waals surface area contributed by atoms with Crippen LogP contribution in [-0.2, 0) is 14.3 Å². The monoisotopic (exact) mass is 283 g/mol. The van der Waals surface area contributed by atoms with Crippen LogP contribution in [0.1, 0.15) is 34.1 Å². The molecule has 0 rings (SSSR count). The Morgan fingerprint density at radius 1 is 1.21 bits per heavy atom. The normalized spacial score (nSPS) is 13.9. The summed E-state index contributed by atoms with van der Waals surface area (Å²) in [5.74, 6) is -2.18. The summed E-state index contributed by atoms with van der Waals surface area (Å²) in [6.07, 6.45) is -4.69. The maximum atomic E-state index is 12.1. The van der Waals surface area contributed by atoms with Crippen LogP contribution >= 0.6 is 0 Å². The molecule has 0 saturated heterocycles. The molecule has 0 aliphatic rings. The third kappa shape index (κ3) is 8.45. The molecule has 4 nitrogen and oxygen atoms in total. The number of amides is 1. The van der Waals surface area contributed by atoms with Crippen LogP contribution in [0.5, 0.6) is 0 Å². The lowest BCUT2D eigenvalue weighted by molar-refractivity contribution is -0.164. The van der Waals surface area contributed by atoms with Gasteiger partial charge < -0.3 is 9.64 Å². The van der Waals surface area contributed by atoms with Gasteiger partial charge in [-0.25, -0.2) is 0 Å². The summed E-state index contributed by atoms with van der Waals surface area (Å²) < 4.78 is 41.4. The molecule has 0 aromatic carbocycles. The van der Waals surface area contributed by atoms with Crippen LogP contribution in [0.15, 0.2) is 0 Å². The lowest BCUT2D eigenvalue weighted by atomic mass is 10.1. The van der Waals surface area contributed by atoms with Crippen LogP contribution in [0, 0.1) is 5.92 Å². The maximum absolute atomic E-state index is 12.1. The molecule has 0 spiro atoms. The van der Waals surface area contributed by atoms with Gasteiger partial charge in [0.15, 0.2) is 0 Å². The highest BCUT2D eigenvalue weighted by Crippen LogP contribution is 2.18. The van der Waals surface area contributed by atoms with Gasteiger partial charge in [0, 0.05) is 13.0 Å². The molecule has 1 amide bonds. The average Bonchev–Trinajstić information content (AvgIpc) is 2.10. The predicted octanol–water partition coefficient (Wildman–Crippen LogP) is 2.38. The molecule has 19 heavy (non-hydrogen) atoms. The minimum Gasteiger partial charge on any atom is -0.460 e. The third-order valence-electron chi connectivity index (χ3n) is 2.11. The van der Waals surface area contributed by atoms with Crippen molar-refractivity contribution in [2.24, 2.45) is 5.92 Å². The number of hydrogen-bond acceptors (Lipinski definition) is 3. The highest BCUT2D eigenvalue weighted by Gasteiger charge is 2.33. The van der Waals surface area contributed by atoms with Gasteiger partial charge in [-0.3, -0.25) is 9.59 Å². The fourth-order valence-electron chi connectivity index (χ4n) is 1.44. The summed E-state index contributed by atoms with van der Waals surface area (Å²) in [4.78, 5) is 23.7. The van der Waals surface area contributed by atoms with Crippen molar-refractivity contribution in [1.82, 2.24) is 4.90 Å². The van der Waals surface area contributed by atoms with Gasteiger partial charge in [0.05, 0.1) is 6.42 Å². The van der Waals surface area contributed by atoms with Crippen molar-refractivity contribution in [1.29, 1.82) is 0 Å². The number of hydrogen-bond donors (Lipinski definition) is 0. The van der Waals surface area contributed by atoms with Crippen molar-refractivity contribution in [3.05, 3.63) is 0 Å². The van der Waals surface area contributed by atoms with E-state index in [1.54, 1.807) is 20.8 Å². The SMILES string of the molecule is C[C@@H](CC(=O)OC(C)(C)C)C(=O)N(C)CC(F)(F)F. The largest absolute Gasteiger partial charge is 0.460 e. The van der Waals surface area contributed by atoms with Crippen molar-refractivity contribution in [2.45, 2.75) is 45.9 Å². The van der Waals surface area contributed by atoms with Gasteiger partial charge in [-0.1, -0.05) is 6.92 Å². The van der Waals surface area contributed by atoms with Crippen molar-refractivity contribution in [2.75, 3.05) is 13.6 Å². The molecule has 0 radical (unpaired) electrons. The average molecular weight is 283 g/mol. The maximum Gasteiger partial charge on any atom is 0.406 e. The lowest BCUT2D eigenvalue weighted by Gasteiger charge is -2.24. The minimum atomic E-state index is -4.45. The van der Waals surface area contributed by atoms with Crippen LogP contribution in [0.25, 0.3) is 0 Å². The summed E-state index contributed by atoms with van der Waals surface area (Å²) in [6.45, 7) is 5.09. The van der Waals surface area contributed by atoms with E-state index >= 15 is 0 Å². The molecule has 0 fully saturated rings. The predicted molar refractivity (Wildman–Crippen MR) is 63.3 cm³/mol. The standard InChI is InChI=1S/C12H20F3NO3/c1-8(6-9(17)19-11(2,3)4)10(18)16(5)7-12(13,14)15/h8H,6-7H2,1-5H3/t8-/m0/s1. The number of esters is 1. The zero-order chi connectivity index (χ0) is 15.4. The summed E-state index contributed by atoms with van der Waals surface area (Å²) in [6, 6.07) is 0. The van der Waals surface area contributed by atoms with E-state index in [2.05, 4.69) is 0 Å². The third-order valence-corrected chi connectivity index (χ3v) is 2.11. The Hall–Kier alpha value is -1.27. The van der Waals surface area contributed by atoms with Gasteiger partial charge >= 0.3 is 12.1 Å². The molecule has 0 saturated carbocycles. The van der Waals surface area contributed by atoms with E-state index in [9.17, 15) is 22.8 Å². The molecule has 0 aliphatic heterocycles. The summed E-state index contributed by atoms with van der Waals surface area (Å²) in [5, 5.41) is 0. The number of nitrogens with zero attached hydrogens (tertiary/aromatic N) is 1. The first-order chi connectivity index (χ1) is 8.32. The Morgan fingerprint density at radius 2 is 1.68 bits per heavy atom. The van der Waals surface area contributed by atoms with Crippen LogP contribution in [0.2, 0.25) is 0 Å². The van der Waals surface area contributed by atoms with Crippen LogP contribution < -0.4 is 0 Å². The smallest absolute Gasteiger partial charge is 0.406 e. The summed E-state index contributed by atoms with van der Waals surface area (Å²) >= 11 is 0. The lowest BCUT2D eigenvalue weighted by Crippen LogP contribution is -2.39. The molecule has 0 unspecified atom stereocenters. The van der Waals surface area contributed by atoms with Crippen LogP contribution in [0.3, 0.4) is 0 Å². The fourth-order valence-corrected chi connectivity index (χ4v) is 1.44. The number of rotatable bonds is 4.